The van der Waals surface area contributed by atoms with Gasteiger partial charge >= 0.3 is 0 Å². The van der Waals surface area contributed by atoms with Crippen LogP contribution in [0, 0.1) is 0 Å². The van der Waals surface area contributed by atoms with Gasteiger partial charge in [0.25, 0.3) is 0 Å². The lowest BCUT2D eigenvalue weighted by molar-refractivity contribution is -0.130. The number of nitrogens with one attached hydrogen (secondary N) is 1. The van der Waals surface area contributed by atoms with Crippen molar-refractivity contribution in [1.82, 2.24) is 15.1 Å². The molecule has 0 bridgehead atoms. The van der Waals surface area contributed by atoms with Crippen molar-refractivity contribution in [2.45, 2.75) is 25.2 Å². The van der Waals surface area contributed by atoms with E-state index in [1.807, 2.05) is 4.90 Å². The molecular formula is C18H27N3O. The number of benzene rings is 1. The van der Waals surface area contributed by atoms with Crippen molar-refractivity contribution < 1.29 is 4.79 Å². The van der Waals surface area contributed by atoms with Gasteiger partial charge in [0.05, 0.1) is 0 Å². The van der Waals surface area contributed by atoms with Crippen LogP contribution in [0.5, 0.6) is 0 Å². The third-order valence-corrected chi connectivity index (χ3v) is 4.97. The Balaban J connectivity index is 1.43. The smallest absolute Gasteiger partial charge is 0.223 e. The molecule has 2 fully saturated rings. The summed E-state index contributed by atoms with van der Waals surface area (Å²) in [6.45, 7) is 6.84. The van der Waals surface area contributed by atoms with Crippen LogP contribution in [0.3, 0.4) is 0 Å². The molecule has 2 heterocycles. The maximum Gasteiger partial charge on any atom is 0.223 e. The first-order chi connectivity index (χ1) is 10.8. The molecule has 0 atom stereocenters. The highest BCUT2D eigenvalue weighted by atomic mass is 16.2. The van der Waals surface area contributed by atoms with Crippen molar-refractivity contribution >= 4 is 5.91 Å². The van der Waals surface area contributed by atoms with Crippen molar-refractivity contribution in [3.05, 3.63) is 35.9 Å². The number of hydrogen-bond acceptors (Lipinski definition) is 3. The average Bonchev–Trinajstić information content (AvgIpc) is 2.78. The van der Waals surface area contributed by atoms with Crippen LogP contribution >= 0.6 is 0 Å². The number of carbonyl (C=O) groups excluding carboxylic acids is 1. The molecule has 0 radical (unpaired) electrons. The van der Waals surface area contributed by atoms with Crippen LogP contribution in [0.25, 0.3) is 0 Å². The van der Waals surface area contributed by atoms with Gasteiger partial charge in [-0.15, -0.1) is 0 Å². The van der Waals surface area contributed by atoms with Crippen LogP contribution in [0.4, 0.5) is 0 Å². The second-order valence-corrected chi connectivity index (χ2v) is 6.41. The molecule has 1 aromatic rings. The monoisotopic (exact) mass is 301 g/mol. The summed E-state index contributed by atoms with van der Waals surface area (Å²) in [6, 6.07) is 10.9. The Kier molecular flexibility index (Phi) is 5.46. The number of nitrogens with zero attached hydrogens (tertiary/aromatic N) is 2. The standard InChI is InChI=1S/C18H27N3O/c22-18-6-9-19-10-13-21(18)15-14-20-11-7-17(8-12-20)16-4-2-1-3-5-16/h1-5,17,19H,6-15H2. The molecule has 2 aliphatic rings. The Morgan fingerprint density at radius 3 is 2.55 bits per heavy atom. The van der Waals surface area contributed by atoms with E-state index in [9.17, 15) is 4.79 Å². The van der Waals surface area contributed by atoms with E-state index in [1.54, 1.807) is 0 Å². The van der Waals surface area contributed by atoms with Gasteiger partial charge in [0.1, 0.15) is 0 Å². The summed E-state index contributed by atoms with van der Waals surface area (Å²) in [4.78, 5) is 16.5. The molecule has 2 aliphatic heterocycles. The zero-order valence-corrected chi connectivity index (χ0v) is 13.3. The highest BCUT2D eigenvalue weighted by Crippen LogP contribution is 2.27. The van der Waals surface area contributed by atoms with E-state index in [0.29, 0.717) is 18.2 Å². The molecule has 1 amide bonds. The maximum absolute atomic E-state index is 12.0. The molecule has 120 valence electrons. The van der Waals surface area contributed by atoms with Gasteiger partial charge in [0.2, 0.25) is 5.91 Å². The molecule has 2 saturated heterocycles. The number of hydrogen-bond donors (Lipinski definition) is 1. The molecule has 1 N–H and O–H groups in total. The Morgan fingerprint density at radius 2 is 1.77 bits per heavy atom. The highest BCUT2D eigenvalue weighted by Gasteiger charge is 2.22. The first-order valence-electron chi connectivity index (χ1n) is 8.59. The molecule has 4 heteroatoms. The molecule has 0 spiro atoms. The Labute approximate surface area is 133 Å². The Bertz CT molecular complexity index is 468. The minimum atomic E-state index is 0.309. The van der Waals surface area contributed by atoms with Crippen molar-refractivity contribution in [3.8, 4) is 0 Å². The topological polar surface area (TPSA) is 35.6 Å². The van der Waals surface area contributed by atoms with Gasteiger partial charge in [-0.3, -0.25) is 4.79 Å². The van der Waals surface area contributed by atoms with Crippen molar-refractivity contribution in [1.29, 1.82) is 0 Å². The van der Waals surface area contributed by atoms with E-state index in [1.165, 1.54) is 18.4 Å². The van der Waals surface area contributed by atoms with Crippen LogP contribution in [0.2, 0.25) is 0 Å². The quantitative estimate of drug-likeness (QED) is 0.919. The van der Waals surface area contributed by atoms with E-state index in [0.717, 1.165) is 45.8 Å². The lowest BCUT2D eigenvalue weighted by Crippen LogP contribution is -2.42. The lowest BCUT2D eigenvalue weighted by atomic mass is 9.89. The highest BCUT2D eigenvalue weighted by molar-refractivity contribution is 5.76. The first-order valence-corrected chi connectivity index (χ1v) is 8.59. The summed E-state index contributed by atoms with van der Waals surface area (Å²) in [6.07, 6.45) is 3.12. The summed E-state index contributed by atoms with van der Waals surface area (Å²) in [5.74, 6) is 1.02. The Morgan fingerprint density at radius 1 is 1.00 bits per heavy atom. The zero-order chi connectivity index (χ0) is 15.2. The summed E-state index contributed by atoms with van der Waals surface area (Å²) in [7, 11) is 0. The molecule has 22 heavy (non-hydrogen) atoms. The summed E-state index contributed by atoms with van der Waals surface area (Å²) in [5, 5.41) is 3.29. The van der Waals surface area contributed by atoms with Crippen LogP contribution in [0.15, 0.2) is 30.3 Å². The average molecular weight is 301 g/mol. The fraction of sp³-hybridized carbons (Fsp3) is 0.611. The lowest BCUT2D eigenvalue weighted by Gasteiger charge is -2.33. The van der Waals surface area contributed by atoms with Gasteiger partial charge in [-0.1, -0.05) is 30.3 Å². The van der Waals surface area contributed by atoms with Crippen molar-refractivity contribution in [2.75, 3.05) is 45.8 Å². The minimum Gasteiger partial charge on any atom is -0.340 e. The number of carbonyl (C=O) groups is 1. The molecule has 3 rings (SSSR count). The molecule has 0 aromatic heterocycles. The predicted molar refractivity (Wildman–Crippen MR) is 88.9 cm³/mol. The van der Waals surface area contributed by atoms with E-state index in [4.69, 9.17) is 0 Å². The van der Waals surface area contributed by atoms with Gasteiger partial charge in [-0.25, -0.2) is 0 Å². The largest absolute Gasteiger partial charge is 0.340 e. The van der Waals surface area contributed by atoms with Crippen LogP contribution in [0.1, 0.15) is 30.7 Å². The predicted octanol–water partition coefficient (Wildman–Crippen LogP) is 1.69. The summed E-state index contributed by atoms with van der Waals surface area (Å²) in [5.41, 5.74) is 1.48. The maximum atomic E-state index is 12.0. The van der Waals surface area contributed by atoms with Gasteiger partial charge in [0, 0.05) is 39.1 Å². The van der Waals surface area contributed by atoms with Crippen molar-refractivity contribution in [3.63, 3.8) is 0 Å². The van der Waals surface area contributed by atoms with Gasteiger partial charge in [-0.2, -0.15) is 0 Å². The summed E-state index contributed by atoms with van der Waals surface area (Å²) < 4.78 is 0. The zero-order valence-electron chi connectivity index (χ0n) is 13.3. The van der Waals surface area contributed by atoms with E-state index in [-0.39, 0.29) is 0 Å². The molecular weight excluding hydrogens is 274 g/mol. The Hall–Kier alpha value is -1.39. The SMILES string of the molecule is O=C1CCNCCN1CCN1CCC(c2ccccc2)CC1. The second kappa shape index (κ2) is 7.75. The van der Waals surface area contributed by atoms with E-state index < -0.39 is 0 Å². The van der Waals surface area contributed by atoms with E-state index in [2.05, 4.69) is 40.5 Å². The van der Waals surface area contributed by atoms with Gasteiger partial charge in [-0.05, 0) is 37.4 Å². The normalized spacial score (nSPS) is 21.8. The van der Waals surface area contributed by atoms with Gasteiger partial charge < -0.3 is 15.1 Å². The third-order valence-electron chi connectivity index (χ3n) is 4.97. The molecule has 0 aliphatic carbocycles. The summed E-state index contributed by atoms with van der Waals surface area (Å²) >= 11 is 0. The third kappa shape index (κ3) is 4.08. The number of likely N-dealkylation sites (tertiary alicyclic amines) is 1. The van der Waals surface area contributed by atoms with Crippen LogP contribution in [-0.2, 0) is 4.79 Å². The molecule has 0 saturated carbocycles. The molecule has 1 aromatic carbocycles. The fourth-order valence-electron chi connectivity index (χ4n) is 3.53. The van der Waals surface area contributed by atoms with E-state index >= 15 is 0 Å². The number of amides is 1. The fourth-order valence-corrected chi connectivity index (χ4v) is 3.53. The second-order valence-electron chi connectivity index (χ2n) is 6.41. The molecule has 0 unspecified atom stereocenters. The number of piperidine rings is 1. The van der Waals surface area contributed by atoms with Gasteiger partial charge in [0.15, 0.2) is 0 Å². The first kappa shape index (κ1) is 15.5. The van der Waals surface area contributed by atoms with Crippen LogP contribution < -0.4 is 5.32 Å². The van der Waals surface area contributed by atoms with Crippen LogP contribution in [-0.4, -0.2) is 61.5 Å². The minimum absolute atomic E-state index is 0.309. The number of rotatable bonds is 4. The molecule has 4 nitrogen and oxygen atoms in total. The van der Waals surface area contributed by atoms with Crippen molar-refractivity contribution in [2.24, 2.45) is 0 Å².